The van der Waals surface area contributed by atoms with Crippen LogP contribution in [0.3, 0.4) is 0 Å². The fourth-order valence-electron chi connectivity index (χ4n) is 4.05. The topological polar surface area (TPSA) is 110 Å². The molecule has 0 aliphatic carbocycles. The first kappa shape index (κ1) is 26.1. The quantitative estimate of drug-likeness (QED) is 0.407. The number of halogens is 1. The van der Waals surface area contributed by atoms with Crippen molar-refractivity contribution in [1.29, 1.82) is 0 Å². The zero-order valence-electron chi connectivity index (χ0n) is 20.5. The van der Waals surface area contributed by atoms with Gasteiger partial charge in [-0.05, 0) is 55.0 Å². The van der Waals surface area contributed by atoms with Crippen molar-refractivity contribution < 1.29 is 33.0 Å². The van der Waals surface area contributed by atoms with E-state index < -0.39 is 11.7 Å². The molecule has 0 saturated carbocycles. The van der Waals surface area contributed by atoms with Gasteiger partial charge in [0, 0.05) is 31.7 Å². The summed E-state index contributed by atoms with van der Waals surface area (Å²) in [5, 5.41) is 4.01. The Labute approximate surface area is 214 Å². The van der Waals surface area contributed by atoms with Crippen LogP contribution in [0.4, 0.5) is 10.1 Å². The first-order valence-electron chi connectivity index (χ1n) is 12.1. The summed E-state index contributed by atoms with van der Waals surface area (Å²) in [5.41, 5.74) is 3.67. The summed E-state index contributed by atoms with van der Waals surface area (Å²) in [5.74, 6) is -0.817. The lowest BCUT2D eigenvalue weighted by Gasteiger charge is -2.26. The maximum Gasteiger partial charge on any atom is 0.260 e. The molecule has 0 spiro atoms. The van der Waals surface area contributed by atoms with Gasteiger partial charge >= 0.3 is 0 Å². The van der Waals surface area contributed by atoms with Gasteiger partial charge in [-0.2, -0.15) is 5.10 Å². The summed E-state index contributed by atoms with van der Waals surface area (Å²) in [7, 11) is 0. The van der Waals surface area contributed by atoms with Crippen molar-refractivity contribution in [2.45, 2.75) is 13.3 Å². The lowest BCUT2D eigenvalue weighted by Crippen LogP contribution is -2.43. The minimum absolute atomic E-state index is 0.0441. The zero-order chi connectivity index (χ0) is 26.2. The first-order valence-corrected chi connectivity index (χ1v) is 12.1. The van der Waals surface area contributed by atoms with Crippen LogP contribution in [0.2, 0.25) is 0 Å². The Bertz CT molecular complexity index is 1150. The Morgan fingerprint density at radius 2 is 1.89 bits per heavy atom. The molecule has 2 heterocycles. The molecule has 0 radical (unpaired) electrons. The van der Waals surface area contributed by atoms with Crippen LogP contribution in [-0.4, -0.2) is 74.9 Å². The van der Waals surface area contributed by atoms with E-state index in [0.717, 1.165) is 0 Å². The third kappa shape index (κ3) is 6.82. The van der Waals surface area contributed by atoms with Crippen LogP contribution in [0.25, 0.3) is 0 Å². The number of carbonyl (C=O) groups excluding carboxylic acids is 3. The SMILES string of the molecule is CCOc1cc(/C=N\NC(=O)[C@H]2CC(=O)N(c3ccc(F)cc3)C2)ccc1OCC(=O)N1CCOCC1. The molecular formula is C26H29FN4O6. The van der Waals surface area contributed by atoms with Crippen molar-refractivity contribution in [3.8, 4) is 11.5 Å². The van der Waals surface area contributed by atoms with E-state index >= 15 is 0 Å². The van der Waals surface area contributed by atoms with Crippen molar-refractivity contribution in [3.63, 3.8) is 0 Å². The average Bonchev–Trinajstić information content (AvgIpc) is 3.30. The van der Waals surface area contributed by atoms with Crippen molar-refractivity contribution in [2.24, 2.45) is 11.0 Å². The van der Waals surface area contributed by atoms with Crippen LogP contribution < -0.4 is 19.8 Å². The summed E-state index contributed by atoms with van der Waals surface area (Å²) in [6.07, 6.45) is 1.50. The second-order valence-electron chi connectivity index (χ2n) is 8.54. The fourth-order valence-corrected chi connectivity index (χ4v) is 4.05. The molecule has 2 aromatic carbocycles. The number of nitrogens with zero attached hydrogens (tertiary/aromatic N) is 3. The summed E-state index contributed by atoms with van der Waals surface area (Å²) < 4.78 is 29.8. The second kappa shape index (κ2) is 12.3. The van der Waals surface area contributed by atoms with E-state index in [4.69, 9.17) is 14.2 Å². The minimum atomic E-state index is -0.575. The van der Waals surface area contributed by atoms with Crippen LogP contribution in [0.15, 0.2) is 47.6 Å². The molecule has 10 nitrogen and oxygen atoms in total. The molecule has 2 fully saturated rings. The molecule has 37 heavy (non-hydrogen) atoms. The second-order valence-corrected chi connectivity index (χ2v) is 8.54. The van der Waals surface area contributed by atoms with Crippen LogP contribution in [-0.2, 0) is 19.1 Å². The largest absolute Gasteiger partial charge is 0.490 e. The summed E-state index contributed by atoms with van der Waals surface area (Å²) in [4.78, 5) is 40.4. The smallest absolute Gasteiger partial charge is 0.260 e. The van der Waals surface area contributed by atoms with Crippen molar-refractivity contribution in [1.82, 2.24) is 10.3 Å². The van der Waals surface area contributed by atoms with Crippen LogP contribution in [0.5, 0.6) is 11.5 Å². The van der Waals surface area contributed by atoms with Crippen molar-refractivity contribution in [2.75, 3.05) is 51.0 Å². The summed E-state index contributed by atoms with van der Waals surface area (Å²) in [6.45, 7) is 4.43. The number of nitrogens with one attached hydrogen (secondary N) is 1. The molecule has 2 saturated heterocycles. The van der Waals surface area contributed by atoms with Gasteiger partial charge in [0.25, 0.3) is 5.91 Å². The van der Waals surface area contributed by atoms with E-state index in [1.165, 1.54) is 35.4 Å². The molecule has 2 aromatic rings. The van der Waals surface area contributed by atoms with Gasteiger partial charge in [-0.1, -0.05) is 0 Å². The van der Waals surface area contributed by atoms with E-state index in [9.17, 15) is 18.8 Å². The van der Waals surface area contributed by atoms with Gasteiger partial charge < -0.3 is 24.0 Å². The standard InChI is InChI=1S/C26H29FN4O6/c1-2-36-23-13-18(3-8-22(23)37-17-25(33)30-9-11-35-12-10-30)15-28-29-26(34)19-14-24(32)31(16-19)21-6-4-20(27)5-7-21/h3-8,13,15,19H,2,9-12,14,16-17H2,1H3,(H,29,34)/b28-15-/t19-/m0/s1. The van der Waals surface area contributed by atoms with Crippen molar-refractivity contribution >= 4 is 29.6 Å². The van der Waals surface area contributed by atoms with E-state index in [2.05, 4.69) is 10.5 Å². The lowest BCUT2D eigenvalue weighted by atomic mass is 10.1. The maximum atomic E-state index is 13.2. The Kier molecular flexibility index (Phi) is 8.68. The Morgan fingerprint density at radius 3 is 2.62 bits per heavy atom. The van der Waals surface area contributed by atoms with Gasteiger partial charge in [0.05, 0.1) is 32.0 Å². The monoisotopic (exact) mass is 512 g/mol. The molecule has 11 heteroatoms. The molecule has 1 N–H and O–H groups in total. The Balaban J connectivity index is 1.32. The number of ether oxygens (including phenoxy) is 3. The van der Waals surface area contributed by atoms with Crippen molar-refractivity contribution in [3.05, 3.63) is 53.8 Å². The number of anilines is 1. The molecule has 2 aliphatic rings. The van der Waals surface area contributed by atoms with Gasteiger partial charge in [-0.3, -0.25) is 14.4 Å². The highest BCUT2D eigenvalue weighted by atomic mass is 19.1. The minimum Gasteiger partial charge on any atom is -0.490 e. The van der Waals surface area contributed by atoms with Gasteiger partial charge in [0.1, 0.15) is 5.82 Å². The fraction of sp³-hybridized carbons (Fsp3) is 0.385. The Morgan fingerprint density at radius 1 is 1.14 bits per heavy atom. The highest BCUT2D eigenvalue weighted by molar-refractivity contribution is 6.00. The van der Waals surface area contributed by atoms with Crippen LogP contribution in [0, 0.1) is 11.7 Å². The maximum absolute atomic E-state index is 13.2. The summed E-state index contributed by atoms with van der Waals surface area (Å²) in [6, 6.07) is 10.7. The van der Waals surface area contributed by atoms with Gasteiger partial charge in [0.15, 0.2) is 18.1 Å². The first-order chi connectivity index (χ1) is 17.9. The predicted octanol–water partition coefficient (Wildman–Crippen LogP) is 1.97. The molecular weight excluding hydrogens is 483 g/mol. The van der Waals surface area contributed by atoms with Gasteiger partial charge in [0.2, 0.25) is 11.8 Å². The average molecular weight is 513 g/mol. The normalized spacial score (nSPS) is 17.8. The lowest BCUT2D eigenvalue weighted by molar-refractivity contribution is -0.137. The van der Waals surface area contributed by atoms with E-state index in [1.807, 2.05) is 6.92 Å². The van der Waals surface area contributed by atoms with E-state index in [-0.39, 0.29) is 37.3 Å². The highest BCUT2D eigenvalue weighted by Gasteiger charge is 2.35. The van der Waals surface area contributed by atoms with Crippen LogP contribution >= 0.6 is 0 Å². The van der Waals surface area contributed by atoms with E-state index in [1.54, 1.807) is 23.1 Å². The zero-order valence-corrected chi connectivity index (χ0v) is 20.5. The van der Waals surface area contributed by atoms with Gasteiger partial charge in [-0.25, -0.2) is 9.82 Å². The number of rotatable bonds is 9. The van der Waals surface area contributed by atoms with Gasteiger partial charge in [-0.15, -0.1) is 0 Å². The molecule has 3 amide bonds. The number of hydrogen-bond acceptors (Lipinski definition) is 7. The molecule has 0 bridgehead atoms. The molecule has 1 atom stereocenters. The summed E-state index contributed by atoms with van der Waals surface area (Å²) >= 11 is 0. The Hall–Kier alpha value is -3.99. The number of amides is 3. The predicted molar refractivity (Wildman–Crippen MR) is 133 cm³/mol. The third-order valence-corrected chi connectivity index (χ3v) is 6.01. The number of benzene rings is 2. The number of carbonyl (C=O) groups is 3. The van der Waals surface area contributed by atoms with Crippen LogP contribution in [0.1, 0.15) is 18.9 Å². The molecule has 196 valence electrons. The molecule has 2 aliphatic heterocycles. The molecule has 0 aromatic heterocycles. The molecule has 4 rings (SSSR count). The third-order valence-electron chi connectivity index (χ3n) is 6.01. The number of hydrazone groups is 1. The molecule has 0 unspecified atom stereocenters. The number of morpholine rings is 1. The highest BCUT2D eigenvalue weighted by Crippen LogP contribution is 2.28. The van der Waals surface area contributed by atoms with E-state index in [0.29, 0.717) is 55.7 Å². The number of hydrogen-bond donors (Lipinski definition) is 1.